The minimum Gasteiger partial charge on any atom is -0.322 e. The molecule has 31 heavy (non-hydrogen) atoms. The Hall–Kier alpha value is -3.10. The summed E-state index contributed by atoms with van der Waals surface area (Å²) in [5, 5.41) is 5.89. The van der Waals surface area contributed by atoms with Crippen molar-refractivity contribution in [3.8, 4) is 0 Å². The number of pyridine rings is 1. The van der Waals surface area contributed by atoms with Gasteiger partial charge in [0.2, 0.25) is 11.8 Å². The van der Waals surface area contributed by atoms with Gasteiger partial charge in [-0.3, -0.25) is 29.6 Å². The van der Waals surface area contributed by atoms with E-state index in [4.69, 9.17) is 0 Å². The van der Waals surface area contributed by atoms with E-state index in [1.54, 1.807) is 11.1 Å². The highest BCUT2D eigenvalue weighted by Gasteiger charge is 2.39. The van der Waals surface area contributed by atoms with Crippen molar-refractivity contribution in [2.24, 2.45) is 0 Å². The second kappa shape index (κ2) is 8.20. The summed E-state index contributed by atoms with van der Waals surface area (Å²) in [6, 6.07) is 9.74. The fraction of sp³-hybridized carbons (Fsp3) is 0.391. The lowest BCUT2D eigenvalue weighted by Crippen LogP contribution is -2.52. The van der Waals surface area contributed by atoms with E-state index < -0.39 is 6.04 Å². The van der Waals surface area contributed by atoms with E-state index in [1.807, 2.05) is 24.4 Å². The summed E-state index contributed by atoms with van der Waals surface area (Å²) in [7, 11) is 0. The Morgan fingerprint density at radius 3 is 2.87 bits per heavy atom. The number of piperidine rings is 1. The van der Waals surface area contributed by atoms with Crippen molar-refractivity contribution in [3.05, 3.63) is 65.0 Å². The predicted octanol–water partition coefficient (Wildman–Crippen LogP) is 0.989. The van der Waals surface area contributed by atoms with E-state index >= 15 is 0 Å². The average molecular weight is 419 g/mol. The first-order valence-electron chi connectivity index (χ1n) is 10.7. The first-order chi connectivity index (χ1) is 15.1. The number of aromatic nitrogens is 1. The van der Waals surface area contributed by atoms with Crippen LogP contribution in [0.3, 0.4) is 0 Å². The molecule has 0 aliphatic carbocycles. The summed E-state index contributed by atoms with van der Waals surface area (Å²) in [5.41, 5.74) is 3.87. The minimum atomic E-state index is -0.575. The summed E-state index contributed by atoms with van der Waals surface area (Å²) >= 11 is 0. The highest BCUT2D eigenvalue weighted by Crippen LogP contribution is 2.29. The third-order valence-electron chi connectivity index (χ3n) is 6.35. The van der Waals surface area contributed by atoms with Gasteiger partial charge in [-0.05, 0) is 35.2 Å². The SMILES string of the molecule is O=C1CCC(N2Cc3ccc(CN4CCNC(c5cccnc5)C4)cc3C2=O)C(=O)N1. The molecule has 8 nitrogen and oxygen atoms in total. The van der Waals surface area contributed by atoms with Crippen LogP contribution in [0.4, 0.5) is 0 Å². The zero-order chi connectivity index (χ0) is 21.4. The summed E-state index contributed by atoms with van der Waals surface area (Å²) in [6.45, 7) is 3.88. The van der Waals surface area contributed by atoms with Crippen LogP contribution in [0, 0.1) is 0 Å². The Morgan fingerprint density at radius 1 is 1.16 bits per heavy atom. The Morgan fingerprint density at radius 2 is 2.06 bits per heavy atom. The molecular formula is C23H25N5O3. The molecule has 2 aromatic rings. The van der Waals surface area contributed by atoms with Crippen LogP contribution < -0.4 is 10.6 Å². The van der Waals surface area contributed by atoms with Crippen LogP contribution in [-0.2, 0) is 22.7 Å². The molecule has 1 aromatic heterocycles. The largest absolute Gasteiger partial charge is 0.322 e. The zero-order valence-corrected chi connectivity index (χ0v) is 17.2. The van der Waals surface area contributed by atoms with E-state index in [-0.39, 0.29) is 30.2 Å². The first kappa shape index (κ1) is 19.8. The van der Waals surface area contributed by atoms with E-state index in [9.17, 15) is 14.4 Å². The van der Waals surface area contributed by atoms with Gasteiger partial charge in [0.05, 0.1) is 0 Å². The van der Waals surface area contributed by atoms with Gasteiger partial charge in [-0.2, -0.15) is 0 Å². The number of fused-ring (bicyclic) bond motifs is 1. The van der Waals surface area contributed by atoms with Crippen LogP contribution in [0.2, 0.25) is 0 Å². The molecule has 3 aliphatic heterocycles. The smallest absolute Gasteiger partial charge is 0.255 e. The van der Waals surface area contributed by atoms with E-state index in [0.717, 1.165) is 37.3 Å². The number of carbonyl (C=O) groups is 3. The van der Waals surface area contributed by atoms with Gasteiger partial charge in [0.1, 0.15) is 6.04 Å². The van der Waals surface area contributed by atoms with Crippen molar-refractivity contribution in [3.63, 3.8) is 0 Å². The van der Waals surface area contributed by atoms with Crippen molar-refractivity contribution in [1.82, 2.24) is 25.4 Å². The second-order valence-electron chi connectivity index (χ2n) is 8.42. The third-order valence-corrected chi connectivity index (χ3v) is 6.35. The standard InChI is InChI=1S/C23H25N5O3/c29-21-6-5-20(22(30)26-21)28-13-17-4-3-15(10-18(17)23(28)31)12-27-9-8-25-19(14-27)16-2-1-7-24-11-16/h1-4,7,10-11,19-20,25H,5-6,8-9,12-14H2,(H,26,29,30). The van der Waals surface area contributed by atoms with Gasteiger partial charge in [-0.15, -0.1) is 0 Å². The number of carbonyl (C=O) groups excluding carboxylic acids is 3. The number of hydrogen-bond donors (Lipinski definition) is 2. The number of piperazine rings is 1. The van der Waals surface area contributed by atoms with Gasteiger partial charge in [-0.1, -0.05) is 18.2 Å². The van der Waals surface area contributed by atoms with Gasteiger partial charge in [-0.25, -0.2) is 0 Å². The van der Waals surface area contributed by atoms with Gasteiger partial charge in [0, 0.05) is 63.1 Å². The fourth-order valence-electron chi connectivity index (χ4n) is 4.72. The highest BCUT2D eigenvalue weighted by molar-refractivity contribution is 6.05. The molecule has 5 rings (SSSR count). The summed E-state index contributed by atoms with van der Waals surface area (Å²) < 4.78 is 0. The molecule has 0 spiro atoms. The lowest BCUT2D eigenvalue weighted by molar-refractivity contribution is -0.136. The molecule has 2 saturated heterocycles. The van der Waals surface area contributed by atoms with Crippen molar-refractivity contribution in [1.29, 1.82) is 0 Å². The predicted molar refractivity (Wildman–Crippen MR) is 113 cm³/mol. The Kier molecular flexibility index (Phi) is 5.25. The van der Waals surface area contributed by atoms with Crippen molar-refractivity contribution in [2.75, 3.05) is 19.6 Å². The molecule has 3 aliphatic rings. The van der Waals surface area contributed by atoms with Crippen LogP contribution in [0.25, 0.3) is 0 Å². The van der Waals surface area contributed by atoms with Crippen molar-refractivity contribution in [2.45, 2.75) is 38.0 Å². The number of nitrogens with zero attached hydrogens (tertiary/aromatic N) is 3. The average Bonchev–Trinajstić information content (AvgIpc) is 3.10. The fourth-order valence-corrected chi connectivity index (χ4v) is 4.72. The molecule has 0 saturated carbocycles. The minimum absolute atomic E-state index is 0.125. The molecule has 0 radical (unpaired) electrons. The van der Waals surface area contributed by atoms with Gasteiger partial charge in [0.25, 0.3) is 5.91 Å². The third kappa shape index (κ3) is 3.96. The molecule has 4 heterocycles. The number of imide groups is 1. The van der Waals surface area contributed by atoms with E-state index in [2.05, 4.69) is 32.7 Å². The Labute approximate surface area is 180 Å². The Balaban J connectivity index is 1.28. The van der Waals surface area contributed by atoms with E-state index in [1.165, 1.54) is 5.56 Å². The summed E-state index contributed by atoms with van der Waals surface area (Å²) in [5.74, 6) is -0.770. The maximum absolute atomic E-state index is 13.0. The molecule has 160 valence electrons. The number of hydrogen-bond acceptors (Lipinski definition) is 6. The number of amides is 3. The lowest BCUT2D eigenvalue weighted by atomic mass is 10.0. The number of rotatable bonds is 4. The van der Waals surface area contributed by atoms with Crippen LogP contribution >= 0.6 is 0 Å². The molecule has 8 heteroatoms. The molecule has 1 aromatic carbocycles. The molecular weight excluding hydrogens is 394 g/mol. The van der Waals surface area contributed by atoms with Gasteiger partial charge >= 0.3 is 0 Å². The van der Waals surface area contributed by atoms with E-state index in [0.29, 0.717) is 18.5 Å². The summed E-state index contributed by atoms with van der Waals surface area (Å²) in [6.07, 6.45) is 4.33. The quantitative estimate of drug-likeness (QED) is 0.718. The lowest BCUT2D eigenvalue weighted by Gasteiger charge is -2.33. The van der Waals surface area contributed by atoms with Crippen molar-refractivity contribution >= 4 is 17.7 Å². The van der Waals surface area contributed by atoms with Gasteiger partial charge < -0.3 is 10.2 Å². The number of nitrogens with one attached hydrogen (secondary N) is 2. The van der Waals surface area contributed by atoms with Gasteiger partial charge in [0.15, 0.2) is 0 Å². The molecule has 2 fully saturated rings. The van der Waals surface area contributed by atoms with Crippen LogP contribution in [0.5, 0.6) is 0 Å². The Bertz CT molecular complexity index is 1030. The summed E-state index contributed by atoms with van der Waals surface area (Å²) in [4.78, 5) is 44.9. The molecule has 0 bridgehead atoms. The number of benzene rings is 1. The maximum atomic E-state index is 13.0. The normalized spacial score (nSPS) is 24.3. The molecule has 3 amide bonds. The second-order valence-corrected chi connectivity index (χ2v) is 8.42. The highest BCUT2D eigenvalue weighted by atomic mass is 16.2. The monoisotopic (exact) mass is 419 g/mol. The van der Waals surface area contributed by atoms with Crippen molar-refractivity contribution < 1.29 is 14.4 Å². The topological polar surface area (TPSA) is 94.6 Å². The molecule has 2 atom stereocenters. The molecule has 2 unspecified atom stereocenters. The zero-order valence-electron chi connectivity index (χ0n) is 17.2. The first-order valence-corrected chi connectivity index (χ1v) is 10.7. The van der Waals surface area contributed by atoms with Crippen LogP contribution in [0.15, 0.2) is 42.7 Å². The maximum Gasteiger partial charge on any atom is 0.255 e. The molecule has 2 N–H and O–H groups in total. The van der Waals surface area contributed by atoms with Crippen LogP contribution in [-0.4, -0.2) is 58.2 Å². The van der Waals surface area contributed by atoms with Crippen LogP contribution in [0.1, 0.15) is 45.9 Å².